The summed E-state index contributed by atoms with van der Waals surface area (Å²) in [5.74, 6) is -0.749. The number of hydrogen-bond acceptors (Lipinski definition) is 7. The predicted molar refractivity (Wildman–Crippen MR) is 129 cm³/mol. The van der Waals surface area contributed by atoms with E-state index in [2.05, 4.69) is 25.2 Å². The summed E-state index contributed by atoms with van der Waals surface area (Å²) in [6, 6.07) is 17.0. The number of fused-ring (bicyclic) bond motifs is 1. The first-order valence-electron chi connectivity index (χ1n) is 10.4. The fourth-order valence-electron chi connectivity index (χ4n) is 3.34. The maximum atomic E-state index is 13.3. The first kappa shape index (κ1) is 23.0. The molecule has 0 aliphatic heterocycles. The second kappa shape index (κ2) is 9.74. The lowest BCUT2D eigenvalue weighted by Gasteiger charge is -2.23. The number of sulfonamides is 1. The molecule has 33 heavy (non-hydrogen) atoms. The normalized spacial score (nSPS) is 13.5. The maximum absolute atomic E-state index is 13.3. The molecule has 4 aromatic rings. The minimum Gasteiger partial charge on any atom is -0.299 e. The second-order valence-corrected chi connectivity index (χ2v) is 10.2. The number of aromatic nitrogens is 3. The van der Waals surface area contributed by atoms with Crippen molar-refractivity contribution in [3.8, 4) is 10.6 Å². The minimum absolute atomic E-state index is 0.0315. The summed E-state index contributed by atoms with van der Waals surface area (Å²) < 4.78 is 29.1. The highest BCUT2D eigenvalue weighted by molar-refractivity contribution is 7.89. The molecule has 2 aromatic heterocycles. The van der Waals surface area contributed by atoms with E-state index in [-0.39, 0.29) is 10.8 Å². The van der Waals surface area contributed by atoms with Crippen LogP contribution >= 0.6 is 11.3 Å². The van der Waals surface area contributed by atoms with Gasteiger partial charge in [0.15, 0.2) is 0 Å². The summed E-state index contributed by atoms with van der Waals surface area (Å²) in [5, 5.41) is 12.6. The van der Waals surface area contributed by atoms with Crippen LogP contribution in [-0.2, 0) is 14.8 Å². The van der Waals surface area contributed by atoms with Crippen molar-refractivity contribution in [2.75, 3.05) is 5.32 Å². The molecule has 2 heterocycles. The highest BCUT2D eigenvalue weighted by atomic mass is 32.2. The van der Waals surface area contributed by atoms with E-state index in [0.717, 1.165) is 5.56 Å². The van der Waals surface area contributed by atoms with Gasteiger partial charge in [0.05, 0.1) is 5.52 Å². The lowest BCUT2D eigenvalue weighted by Crippen LogP contribution is -2.47. The number of nitrogens with one attached hydrogen (secondary N) is 2. The third-order valence-corrected chi connectivity index (χ3v) is 7.70. The predicted octanol–water partition coefficient (Wildman–Crippen LogP) is 4.09. The molecule has 0 fully saturated rings. The first-order chi connectivity index (χ1) is 15.9. The molecule has 0 aliphatic carbocycles. The molecule has 1 amide bonds. The van der Waals surface area contributed by atoms with Crippen LogP contribution in [0.3, 0.4) is 0 Å². The van der Waals surface area contributed by atoms with E-state index in [4.69, 9.17) is 0 Å². The molecule has 0 saturated carbocycles. The van der Waals surface area contributed by atoms with E-state index in [0.29, 0.717) is 27.5 Å². The summed E-state index contributed by atoms with van der Waals surface area (Å²) in [6.45, 7) is 3.72. The quantitative estimate of drug-likeness (QED) is 0.392. The summed E-state index contributed by atoms with van der Waals surface area (Å²) in [4.78, 5) is 17.4. The summed E-state index contributed by atoms with van der Waals surface area (Å²) in [7, 11) is -4.02. The van der Waals surface area contributed by atoms with Crippen molar-refractivity contribution < 1.29 is 13.2 Å². The van der Waals surface area contributed by atoms with Gasteiger partial charge in [-0.15, -0.1) is 10.2 Å². The van der Waals surface area contributed by atoms with Crippen molar-refractivity contribution in [3.05, 3.63) is 66.9 Å². The molecule has 0 bridgehead atoms. The Labute approximate surface area is 196 Å². The van der Waals surface area contributed by atoms with Gasteiger partial charge in [0.1, 0.15) is 15.9 Å². The van der Waals surface area contributed by atoms with Gasteiger partial charge < -0.3 is 0 Å². The van der Waals surface area contributed by atoms with Crippen LogP contribution in [0.4, 0.5) is 5.13 Å². The van der Waals surface area contributed by atoms with E-state index < -0.39 is 22.0 Å². The lowest BCUT2D eigenvalue weighted by atomic mass is 9.99. The van der Waals surface area contributed by atoms with Crippen molar-refractivity contribution in [2.24, 2.45) is 5.92 Å². The van der Waals surface area contributed by atoms with Crippen molar-refractivity contribution in [1.82, 2.24) is 19.9 Å². The molecule has 2 N–H and O–H groups in total. The Hall–Kier alpha value is -3.21. The minimum atomic E-state index is -4.02. The van der Waals surface area contributed by atoms with Crippen LogP contribution < -0.4 is 10.0 Å². The van der Waals surface area contributed by atoms with Gasteiger partial charge in [0, 0.05) is 17.1 Å². The maximum Gasteiger partial charge on any atom is 0.244 e. The molecule has 10 heteroatoms. The summed E-state index contributed by atoms with van der Waals surface area (Å²) in [6.07, 6.45) is 2.14. The van der Waals surface area contributed by atoms with E-state index in [9.17, 15) is 13.2 Å². The van der Waals surface area contributed by atoms with Gasteiger partial charge in [-0.25, -0.2) is 8.42 Å². The molecule has 0 saturated heterocycles. The molecule has 0 unspecified atom stereocenters. The summed E-state index contributed by atoms with van der Waals surface area (Å²) in [5.41, 5.74) is 1.24. The fraction of sp³-hybridized carbons (Fsp3) is 0.217. The van der Waals surface area contributed by atoms with Crippen molar-refractivity contribution in [2.45, 2.75) is 31.2 Å². The lowest BCUT2D eigenvalue weighted by molar-refractivity contribution is -0.118. The van der Waals surface area contributed by atoms with E-state index in [1.54, 1.807) is 30.5 Å². The highest BCUT2D eigenvalue weighted by Gasteiger charge is 2.31. The molecule has 4 rings (SSSR count). The standard InChI is InChI=1S/C23H23N5O3S2/c1-3-15(2)19(21(29)25-23-27-26-22(32-23)17-9-5-4-6-10-17)28-33(30,31)18-13-7-11-16-12-8-14-24-20(16)18/h4-15,19,28H,3H2,1-2H3,(H,25,27,29)/t15-,19-/m0/s1. The molecule has 0 spiro atoms. The molecular formula is C23H23N5O3S2. The average Bonchev–Trinajstić information content (AvgIpc) is 3.30. The number of carbonyl (C=O) groups is 1. The van der Waals surface area contributed by atoms with Crippen LogP contribution in [-0.4, -0.2) is 35.5 Å². The highest BCUT2D eigenvalue weighted by Crippen LogP contribution is 2.27. The Balaban J connectivity index is 1.58. The zero-order valence-corrected chi connectivity index (χ0v) is 19.7. The zero-order valence-electron chi connectivity index (χ0n) is 18.1. The van der Waals surface area contributed by atoms with Crippen molar-refractivity contribution >= 4 is 43.3 Å². The van der Waals surface area contributed by atoms with E-state index >= 15 is 0 Å². The Morgan fingerprint density at radius 3 is 2.55 bits per heavy atom. The fourth-order valence-corrected chi connectivity index (χ4v) is 5.58. The third-order valence-electron chi connectivity index (χ3n) is 5.34. The Morgan fingerprint density at radius 2 is 1.79 bits per heavy atom. The van der Waals surface area contributed by atoms with Gasteiger partial charge in [-0.2, -0.15) is 4.72 Å². The van der Waals surface area contributed by atoms with Gasteiger partial charge in [-0.3, -0.25) is 15.1 Å². The number of anilines is 1. The molecule has 8 nitrogen and oxygen atoms in total. The van der Waals surface area contributed by atoms with Crippen LogP contribution in [0.15, 0.2) is 71.8 Å². The van der Waals surface area contributed by atoms with Crippen LogP contribution in [0.2, 0.25) is 0 Å². The number of rotatable bonds is 8. The number of benzene rings is 2. The number of para-hydroxylation sites is 1. The zero-order chi connectivity index (χ0) is 23.4. The topological polar surface area (TPSA) is 114 Å². The van der Waals surface area contributed by atoms with Gasteiger partial charge in [0.25, 0.3) is 0 Å². The Morgan fingerprint density at radius 1 is 1.03 bits per heavy atom. The van der Waals surface area contributed by atoms with Gasteiger partial charge >= 0.3 is 0 Å². The Kier molecular flexibility index (Phi) is 6.77. The van der Waals surface area contributed by atoms with Gasteiger partial charge in [-0.1, -0.05) is 80.1 Å². The number of carbonyl (C=O) groups excluding carboxylic acids is 1. The van der Waals surface area contributed by atoms with E-state index in [1.807, 2.05) is 44.2 Å². The smallest absolute Gasteiger partial charge is 0.244 e. The van der Waals surface area contributed by atoms with E-state index in [1.165, 1.54) is 17.4 Å². The van der Waals surface area contributed by atoms with Crippen LogP contribution in [0, 0.1) is 5.92 Å². The first-order valence-corrected chi connectivity index (χ1v) is 12.7. The number of amides is 1. The third kappa shape index (κ3) is 5.08. The number of hydrogen-bond donors (Lipinski definition) is 2. The molecule has 0 radical (unpaired) electrons. The van der Waals surface area contributed by atoms with Crippen LogP contribution in [0.5, 0.6) is 0 Å². The van der Waals surface area contributed by atoms with Crippen molar-refractivity contribution in [1.29, 1.82) is 0 Å². The SMILES string of the molecule is CC[C@H](C)[C@H](NS(=O)(=O)c1cccc2cccnc12)C(=O)Nc1nnc(-c2ccccc2)s1. The molecular weight excluding hydrogens is 458 g/mol. The molecule has 170 valence electrons. The molecule has 2 atom stereocenters. The average molecular weight is 482 g/mol. The molecule has 2 aromatic carbocycles. The van der Waals surface area contributed by atoms with Crippen LogP contribution in [0.1, 0.15) is 20.3 Å². The van der Waals surface area contributed by atoms with Crippen molar-refractivity contribution in [3.63, 3.8) is 0 Å². The number of pyridine rings is 1. The van der Waals surface area contributed by atoms with Gasteiger partial charge in [-0.05, 0) is 18.1 Å². The number of nitrogens with zero attached hydrogens (tertiary/aromatic N) is 3. The largest absolute Gasteiger partial charge is 0.299 e. The molecule has 0 aliphatic rings. The van der Waals surface area contributed by atoms with Gasteiger partial charge in [0.2, 0.25) is 21.1 Å². The summed E-state index contributed by atoms with van der Waals surface area (Å²) >= 11 is 1.23. The Bertz CT molecular complexity index is 1370. The second-order valence-electron chi connectivity index (χ2n) is 7.58. The monoisotopic (exact) mass is 481 g/mol. The van der Waals surface area contributed by atoms with Crippen LogP contribution in [0.25, 0.3) is 21.5 Å².